The maximum Gasteiger partial charge on any atom is 0.207 e. The van der Waals surface area contributed by atoms with Crippen LogP contribution < -0.4 is 0 Å². The van der Waals surface area contributed by atoms with Gasteiger partial charge in [0.25, 0.3) is 0 Å². The molecule has 1 heterocycles. The fraction of sp³-hybridized carbons (Fsp3) is 0.167. The molecule has 1 aromatic heterocycles. The molecule has 2 rings (SSSR count). The van der Waals surface area contributed by atoms with Gasteiger partial charge >= 0.3 is 0 Å². The molecule has 0 radical (unpaired) electrons. The first-order chi connectivity index (χ1) is 7.58. The third-order valence-corrected chi connectivity index (χ3v) is 3.12. The van der Waals surface area contributed by atoms with E-state index in [0.717, 1.165) is 10.6 Å². The zero-order valence-corrected chi connectivity index (χ0v) is 9.77. The van der Waals surface area contributed by atoms with Gasteiger partial charge in [0.15, 0.2) is 0 Å². The number of halogens is 1. The zero-order chi connectivity index (χ0) is 11.7. The number of carbonyl (C=O) groups excluding carboxylic acids is 1. The van der Waals surface area contributed by atoms with Crippen molar-refractivity contribution in [3.8, 4) is 0 Å². The fourth-order valence-electron chi connectivity index (χ4n) is 1.41. The van der Waals surface area contributed by atoms with Crippen molar-refractivity contribution >= 4 is 17.1 Å². The van der Waals surface area contributed by atoms with Crippen molar-refractivity contribution < 1.29 is 9.18 Å². The number of rotatable bonds is 2. The molecule has 0 saturated heterocycles. The molecule has 16 heavy (non-hydrogen) atoms. The molecule has 4 heteroatoms. The average molecular weight is 235 g/mol. The quantitative estimate of drug-likeness (QED) is 0.748. The van der Waals surface area contributed by atoms with Crippen molar-refractivity contribution in [3.63, 3.8) is 0 Å². The van der Waals surface area contributed by atoms with Crippen LogP contribution in [0.2, 0.25) is 0 Å². The maximum atomic E-state index is 13.5. The first-order valence-corrected chi connectivity index (χ1v) is 5.63. The van der Waals surface area contributed by atoms with Gasteiger partial charge in [-0.05, 0) is 26.0 Å². The Kier molecular flexibility index (Phi) is 2.83. The summed E-state index contributed by atoms with van der Waals surface area (Å²) < 4.78 is 13.5. The first kappa shape index (κ1) is 11.0. The zero-order valence-electron chi connectivity index (χ0n) is 8.95. The predicted molar refractivity (Wildman–Crippen MR) is 61.4 cm³/mol. The number of carbonyl (C=O) groups is 1. The van der Waals surface area contributed by atoms with Crippen molar-refractivity contribution in [3.05, 3.63) is 51.2 Å². The van der Waals surface area contributed by atoms with Crippen LogP contribution in [0.15, 0.2) is 24.4 Å². The number of hydrogen-bond acceptors (Lipinski definition) is 3. The summed E-state index contributed by atoms with van der Waals surface area (Å²) in [7, 11) is 0. The predicted octanol–water partition coefficient (Wildman–Crippen LogP) is 3.13. The van der Waals surface area contributed by atoms with E-state index in [2.05, 4.69) is 4.98 Å². The lowest BCUT2D eigenvalue weighted by Crippen LogP contribution is -2.02. The molecular weight excluding hydrogens is 225 g/mol. The van der Waals surface area contributed by atoms with Crippen molar-refractivity contribution in [2.45, 2.75) is 13.8 Å². The molecule has 0 atom stereocenters. The van der Waals surface area contributed by atoms with Gasteiger partial charge in [-0.3, -0.25) is 4.79 Å². The van der Waals surface area contributed by atoms with Crippen molar-refractivity contribution in [1.82, 2.24) is 4.98 Å². The van der Waals surface area contributed by atoms with Crippen LogP contribution in [0.3, 0.4) is 0 Å². The second-order valence-corrected chi connectivity index (χ2v) is 4.79. The van der Waals surface area contributed by atoms with Gasteiger partial charge in [0, 0.05) is 6.20 Å². The summed E-state index contributed by atoms with van der Waals surface area (Å²) in [5.41, 5.74) is 0.981. The van der Waals surface area contributed by atoms with Crippen LogP contribution >= 0.6 is 11.3 Å². The molecule has 0 N–H and O–H groups in total. The van der Waals surface area contributed by atoms with Gasteiger partial charge in [-0.1, -0.05) is 11.6 Å². The van der Waals surface area contributed by atoms with E-state index in [4.69, 9.17) is 0 Å². The summed E-state index contributed by atoms with van der Waals surface area (Å²) in [5, 5.41) is 0.802. The number of nitrogens with zero attached hydrogens (tertiary/aromatic N) is 1. The van der Waals surface area contributed by atoms with E-state index < -0.39 is 5.82 Å². The van der Waals surface area contributed by atoms with Gasteiger partial charge < -0.3 is 0 Å². The third kappa shape index (κ3) is 2.02. The minimum absolute atomic E-state index is 0.114. The Morgan fingerprint density at radius 2 is 2.12 bits per heavy atom. The van der Waals surface area contributed by atoms with E-state index in [0.29, 0.717) is 4.88 Å². The van der Waals surface area contributed by atoms with Crippen molar-refractivity contribution in [2.75, 3.05) is 0 Å². The smallest absolute Gasteiger partial charge is 0.207 e. The summed E-state index contributed by atoms with van der Waals surface area (Å²) >= 11 is 1.28. The minimum Gasteiger partial charge on any atom is -0.288 e. The molecule has 0 aliphatic rings. The van der Waals surface area contributed by atoms with Gasteiger partial charge in [0.05, 0.1) is 15.4 Å². The summed E-state index contributed by atoms with van der Waals surface area (Å²) in [6, 6.07) is 4.52. The van der Waals surface area contributed by atoms with Crippen LogP contribution in [0.5, 0.6) is 0 Å². The molecule has 0 aliphatic carbocycles. The van der Waals surface area contributed by atoms with Gasteiger partial charge in [0.1, 0.15) is 5.82 Å². The van der Waals surface area contributed by atoms with E-state index in [-0.39, 0.29) is 11.3 Å². The molecule has 2 nitrogen and oxygen atoms in total. The van der Waals surface area contributed by atoms with Crippen LogP contribution in [0, 0.1) is 19.7 Å². The third-order valence-electron chi connectivity index (χ3n) is 2.21. The second-order valence-electron chi connectivity index (χ2n) is 3.56. The molecule has 0 amide bonds. The van der Waals surface area contributed by atoms with Crippen LogP contribution in [0.1, 0.15) is 25.8 Å². The molecule has 0 fully saturated rings. The van der Waals surface area contributed by atoms with Crippen molar-refractivity contribution in [1.29, 1.82) is 0 Å². The molecule has 0 saturated carbocycles. The van der Waals surface area contributed by atoms with Crippen LogP contribution in [0.25, 0.3) is 0 Å². The Bertz CT molecular complexity index is 548. The molecule has 1 aromatic carbocycles. The molecule has 0 unspecified atom stereocenters. The minimum atomic E-state index is -0.485. The molecule has 0 bridgehead atoms. The van der Waals surface area contributed by atoms with Gasteiger partial charge in [-0.15, -0.1) is 11.3 Å². The average Bonchev–Trinajstić information content (AvgIpc) is 2.67. The molecule has 82 valence electrons. The Balaban J connectivity index is 2.45. The number of aromatic nitrogens is 1. The van der Waals surface area contributed by atoms with Gasteiger partial charge in [0.2, 0.25) is 5.78 Å². The number of aryl methyl sites for hydroxylation is 2. The maximum absolute atomic E-state index is 13.5. The number of benzene rings is 1. The fourth-order valence-corrected chi connectivity index (χ4v) is 2.14. The highest BCUT2D eigenvalue weighted by atomic mass is 32.1. The van der Waals surface area contributed by atoms with Crippen molar-refractivity contribution in [2.24, 2.45) is 0 Å². The van der Waals surface area contributed by atoms with E-state index in [9.17, 15) is 9.18 Å². The van der Waals surface area contributed by atoms with E-state index in [1.54, 1.807) is 12.1 Å². The van der Waals surface area contributed by atoms with Gasteiger partial charge in [-0.25, -0.2) is 9.37 Å². The SMILES string of the molecule is Cc1ccc(F)c(C(=O)c2cnc(C)s2)c1. The monoisotopic (exact) mass is 235 g/mol. The number of ketones is 1. The van der Waals surface area contributed by atoms with E-state index >= 15 is 0 Å². The lowest BCUT2D eigenvalue weighted by Gasteiger charge is -2.01. The molecule has 0 spiro atoms. The van der Waals surface area contributed by atoms with E-state index in [1.165, 1.54) is 23.6 Å². The highest BCUT2D eigenvalue weighted by Crippen LogP contribution is 2.19. The molecule has 0 aliphatic heterocycles. The lowest BCUT2D eigenvalue weighted by atomic mass is 10.1. The highest BCUT2D eigenvalue weighted by Gasteiger charge is 2.16. The summed E-state index contributed by atoms with van der Waals surface area (Å²) in [5.74, 6) is -0.784. The van der Waals surface area contributed by atoms with Gasteiger partial charge in [-0.2, -0.15) is 0 Å². The Morgan fingerprint density at radius 3 is 2.75 bits per heavy atom. The largest absolute Gasteiger partial charge is 0.288 e. The Morgan fingerprint density at radius 1 is 1.38 bits per heavy atom. The Labute approximate surface area is 96.8 Å². The lowest BCUT2D eigenvalue weighted by molar-refractivity contribution is 0.103. The normalized spacial score (nSPS) is 10.4. The second kappa shape index (κ2) is 4.14. The van der Waals surface area contributed by atoms with Crippen LogP contribution in [0.4, 0.5) is 4.39 Å². The summed E-state index contributed by atoms with van der Waals surface area (Å²) in [4.78, 5) is 16.4. The highest BCUT2D eigenvalue weighted by molar-refractivity contribution is 7.13. The first-order valence-electron chi connectivity index (χ1n) is 4.81. The summed E-state index contributed by atoms with van der Waals surface area (Å²) in [6.45, 7) is 3.64. The van der Waals surface area contributed by atoms with E-state index in [1.807, 2.05) is 13.8 Å². The Hall–Kier alpha value is -1.55. The number of hydrogen-bond donors (Lipinski definition) is 0. The molecule has 2 aromatic rings. The van der Waals surface area contributed by atoms with Crippen LogP contribution in [-0.2, 0) is 0 Å². The molecular formula is C12H10FNOS. The number of thiazole rings is 1. The summed E-state index contributed by atoms with van der Waals surface area (Å²) in [6.07, 6.45) is 1.49. The standard InChI is InChI=1S/C12H10FNOS/c1-7-3-4-10(13)9(5-7)12(15)11-6-14-8(2)16-11/h3-6H,1-2H3. The van der Waals surface area contributed by atoms with Crippen LogP contribution in [-0.4, -0.2) is 10.8 Å². The topological polar surface area (TPSA) is 30.0 Å².